The fourth-order valence-electron chi connectivity index (χ4n) is 3.69. The lowest BCUT2D eigenvalue weighted by atomic mass is 9.90. The summed E-state index contributed by atoms with van der Waals surface area (Å²) in [4.78, 5) is 17.3. The van der Waals surface area contributed by atoms with E-state index in [-0.39, 0.29) is 12.3 Å². The van der Waals surface area contributed by atoms with Gasteiger partial charge < -0.3 is 10.1 Å². The van der Waals surface area contributed by atoms with Crippen molar-refractivity contribution in [3.63, 3.8) is 0 Å². The fourth-order valence-corrected chi connectivity index (χ4v) is 4.54. The highest BCUT2D eigenvalue weighted by molar-refractivity contribution is 7.13. The van der Waals surface area contributed by atoms with Crippen LogP contribution in [0.3, 0.4) is 0 Å². The molecule has 5 heteroatoms. The Bertz CT molecular complexity index is 980. The van der Waals surface area contributed by atoms with Gasteiger partial charge in [0.1, 0.15) is 10.8 Å². The van der Waals surface area contributed by atoms with E-state index >= 15 is 0 Å². The minimum atomic E-state index is -0.0195. The molecule has 3 aromatic rings. The van der Waals surface area contributed by atoms with Crippen LogP contribution < -0.4 is 10.1 Å². The van der Waals surface area contributed by atoms with Crippen molar-refractivity contribution in [2.75, 3.05) is 11.9 Å². The lowest BCUT2D eigenvalue weighted by Crippen LogP contribution is -2.17. The molecule has 144 valence electrons. The van der Waals surface area contributed by atoms with Crippen molar-refractivity contribution in [3.8, 4) is 16.3 Å². The van der Waals surface area contributed by atoms with Gasteiger partial charge in [0, 0.05) is 11.1 Å². The number of anilines is 1. The van der Waals surface area contributed by atoms with Gasteiger partial charge in [-0.3, -0.25) is 4.79 Å². The Labute approximate surface area is 169 Å². The maximum atomic E-state index is 12.6. The van der Waals surface area contributed by atoms with Gasteiger partial charge in [0.05, 0.1) is 24.3 Å². The maximum absolute atomic E-state index is 12.6. The molecule has 1 N–H and O–H groups in total. The molecular weight excluding hydrogens is 368 g/mol. The number of nitrogens with zero attached hydrogens (tertiary/aromatic N) is 1. The number of nitrogens with one attached hydrogen (secondary N) is 1. The highest BCUT2D eigenvalue weighted by Gasteiger charge is 2.16. The Kier molecular flexibility index (Phi) is 5.72. The number of thiazole rings is 1. The van der Waals surface area contributed by atoms with E-state index in [1.54, 1.807) is 11.3 Å². The van der Waals surface area contributed by atoms with E-state index in [1.165, 1.54) is 24.0 Å². The average molecular weight is 393 g/mol. The van der Waals surface area contributed by atoms with E-state index in [0.29, 0.717) is 6.61 Å². The first kappa shape index (κ1) is 18.7. The molecule has 4 nitrogen and oxygen atoms in total. The van der Waals surface area contributed by atoms with Gasteiger partial charge in [0.25, 0.3) is 0 Å². The second kappa shape index (κ2) is 8.57. The molecule has 1 heterocycles. The number of para-hydroxylation sites is 1. The highest BCUT2D eigenvalue weighted by Crippen LogP contribution is 2.32. The predicted molar refractivity (Wildman–Crippen MR) is 114 cm³/mol. The molecule has 2 aromatic carbocycles. The monoisotopic (exact) mass is 392 g/mol. The summed E-state index contributed by atoms with van der Waals surface area (Å²) in [5.74, 6) is 0.806. The number of carbonyl (C=O) groups is 1. The van der Waals surface area contributed by atoms with Gasteiger partial charge in [-0.25, -0.2) is 4.98 Å². The van der Waals surface area contributed by atoms with Gasteiger partial charge >= 0.3 is 0 Å². The SMILES string of the molecule is CCOc1ccccc1-c1nc(CC(=O)Nc2cccc3c2CCCC3)cs1. The summed E-state index contributed by atoms with van der Waals surface area (Å²) in [6, 6.07) is 14.1. The minimum Gasteiger partial charge on any atom is -0.493 e. The third kappa shape index (κ3) is 4.09. The van der Waals surface area contributed by atoms with Gasteiger partial charge in [0.15, 0.2) is 0 Å². The normalized spacial score (nSPS) is 13.0. The number of fused-ring (bicyclic) bond motifs is 1. The fraction of sp³-hybridized carbons (Fsp3) is 0.304. The number of hydrogen-bond acceptors (Lipinski definition) is 4. The van der Waals surface area contributed by atoms with Gasteiger partial charge in [-0.2, -0.15) is 0 Å². The molecule has 0 atom stereocenters. The predicted octanol–water partition coefficient (Wildman–Crippen LogP) is 5.27. The largest absolute Gasteiger partial charge is 0.493 e. The van der Waals surface area contributed by atoms with Crippen LogP contribution in [0, 0.1) is 0 Å². The second-order valence-corrected chi connectivity index (χ2v) is 7.81. The average Bonchev–Trinajstić information content (AvgIpc) is 3.17. The van der Waals surface area contributed by atoms with Crippen molar-refractivity contribution in [1.82, 2.24) is 4.98 Å². The number of carbonyl (C=O) groups excluding carboxylic acids is 1. The summed E-state index contributed by atoms with van der Waals surface area (Å²) in [6.07, 6.45) is 4.84. The van der Waals surface area contributed by atoms with Crippen molar-refractivity contribution >= 4 is 22.9 Å². The van der Waals surface area contributed by atoms with E-state index in [1.807, 2.05) is 48.7 Å². The molecule has 0 saturated carbocycles. The smallest absolute Gasteiger partial charge is 0.230 e. The van der Waals surface area contributed by atoms with Gasteiger partial charge in [-0.1, -0.05) is 24.3 Å². The molecule has 4 rings (SSSR count). The Morgan fingerprint density at radius 3 is 2.89 bits per heavy atom. The van der Waals surface area contributed by atoms with Crippen LogP contribution in [0.1, 0.15) is 36.6 Å². The number of aryl methyl sites for hydroxylation is 1. The molecule has 1 aliphatic carbocycles. The highest BCUT2D eigenvalue weighted by atomic mass is 32.1. The van der Waals surface area contributed by atoms with Gasteiger partial charge in [-0.15, -0.1) is 11.3 Å². The van der Waals surface area contributed by atoms with E-state index in [0.717, 1.165) is 40.5 Å². The van der Waals surface area contributed by atoms with Crippen molar-refractivity contribution < 1.29 is 9.53 Å². The zero-order chi connectivity index (χ0) is 19.3. The molecular formula is C23H24N2O2S. The number of ether oxygens (including phenoxy) is 1. The quantitative estimate of drug-likeness (QED) is 0.622. The standard InChI is InChI=1S/C23H24N2O2S/c1-2-27-21-13-6-5-11-19(21)23-24-17(15-28-23)14-22(26)25-20-12-7-9-16-8-3-4-10-18(16)20/h5-7,9,11-13,15H,2-4,8,10,14H2,1H3,(H,25,26). The van der Waals surface area contributed by atoms with Crippen LogP contribution in [0.4, 0.5) is 5.69 Å². The van der Waals surface area contributed by atoms with Crippen LogP contribution in [0.2, 0.25) is 0 Å². The first-order chi connectivity index (χ1) is 13.7. The number of amides is 1. The van der Waals surface area contributed by atoms with Crippen molar-refractivity contribution in [2.45, 2.75) is 39.0 Å². The number of hydrogen-bond donors (Lipinski definition) is 1. The van der Waals surface area contributed by atoms with Crippen LogP contribution in [-0.2, 0) is 24.1 Å². The molecule has 1 aromatic heterocycles. The van der Waals surface area contributed by atoms with E-state index in [2.05, 4.69) is 16.4 Å². The Balaban J connectivity index is 1.47. The van der Waals surface area contributed by atoms with Crippen molar-refractivity contribution in [2.24, 2.45) is 0 Å². The van der Waals surface area contributed by atoms with Crippen LogP contribution >= 0.6 is 11.3 Å². The van der Waals surface area contributed by atoms with Gasteiger partial charge in [-0.05, 0) is 61.9 Å². The molecule has 1 amide bonds. The summed E-state index contributed by atoms with van der Waals surface area (Å²) in [5.41, 5.74) is 5.38. The molecule has 28 heavy (non-hydrogen) atoms. The first-order valence-corrected chi connectivity index (χ1v) is 10.7. The summed E-state index contributed by atoms with van der Waals surface area (Å²) < 4.78 is 5.70. The molecule has 1 aliphatic rings. The Morgan fingerprint density at radius 1 is 1.14 bits per heavy atom. The molecule has 0 unspecified atom stereocenters. The molecule has 0 fully saturated rings. The van der Waals surface area contributed by atoms with Gasteiger partial charge in [0.2, 0.25) is 5.91 Å². The Morgan fingerprint density at radius 2 is 2.00 bits per heavy atom. The van der Waals surface area contributed by atoms with E-state index < -0.39 is 0 Å². The summed E-state index contributed by atoms with van der Waals surface area (Å²) >= 11 is 1.54. The number of aromatic nitrogens is 1. The van der Waals surface area contributed by atoms with Crippen molar-refractivity contribution in [1.29, 1.82) is 0 Å². The van der Waals surface area contributed by atoms with Crippen molar-refractivity contribution in [3.05, 3.63) is 64.7 Å². The lowest BCUT2D eigenvalue weighted by molar-refractivity contribution is -0.115. The Hall–Kier alpha value is -2.66. The molecule has 0 aliphatic heterocycles. The number of benzene rings is 2. The maximum Gasteiger partial charge on any atom is 0.230 e. The summed E-state index contributed by atoms with van der Waals surface area (Å²) in [5, 5.41) is 5.94. The van der Waals surface area contributed by atoms with Crippen LogP contribution in [-0.4, -0.2) is 17.5 Å². The molecule has 0 spiro atoms. The summed E-state index contributed by atoms with van der Waals surface area (Å²) in [6.45, 7) is 2.58. The topological polar surface area (TPSA) is 51.2 Å². The molecule has 0 bridgehead atoms. The van der Waals surface area contributed by atoms with Crippen LogP contribution in [0.25, 0.3) is 10.6 Å². The van der Waals surface area contributed by atoms with Crippen LogP contribution in [0.15, 0.2) is 47.8 Å². The molecule has 0 saturated heterocycles. The third-order valence-corrected chi connectivity index (χ3v) is 5.91. The van der Waals surface area contributed by atoms with Crippen LogP contribution in [0.5, 0.6) is 5.75 Å². The zero-order valence-electron chi connectivity index (χ0n) is 16.0. The van der Waals surface area contributed by atoms with E-state index in [4.69, 9.17) is 4.74 Å². The second-order valence-electron chi connectivity index (χ2n) is 6.95. The third-order valence-electron chi connectivity index (χ3n) is 4.98. The van der Waals surface area contributed by atoms with E-state index in [9.17, 15) is 4.79 Å². The zero-order valence-corrected chi connectivity index (χ0v) is 16.8. The minimum absolute atomic E-state index is 0.0195. The first-order valence-electron chi connectivity index (χ1n) is 9.82. The lowest BCUT2D eigenvalue weighted by Gasteiger charge is -2.19. The number of rotatable bonds is 6. The summed E-state index contributed by atoms with van der Waals surface area (Å²) in [7, 11) is 0. The molecule has 0 radical (unpaired) electrons.